The van der Waals surface area contributed by atoms with E-state index in [0.29, 0.717) is 0 Å². The number of hydrogen-bond donors (Lipinski definition) is 1. The van der Waals surface area contributed by atoms with Gasteiger partial charge >= 0.3 is 0 Å². The van der Waals surface area contributed by atoms with Gasteiger partial charge < -0.3 is 9.73 Å². The second kappa shape index (κ2) is 7.85. The molecule has 0 fully saturated rings. The van der Waals surface area contributed by atoms with Crippen LogP contribution in [-0.2, 0) is 4.79 Å². The number of carbonyl (C=O) groups is 1. The highest BCUT2D eigenvalue weighted by molar-refractivity contribution is 6.31. The van der Waals surface area contributed by atoms with Gasteiger partial charge in [-0.1, -0.05) is 23.7 Å². The largest absolute Gasteiger partial charge is 0.457 e. The van der Waals surface area contributed by atoms with Crippen LogP contribution in [0.2, 0.25) is 5.02 Å². The van der Waals surface area contributed by atoms with E-state index in [1.807, 2.05) is 0 Å². The minimum atomic E-state index is -0.719. The summed E-state index contributed by atoms with van der Waals surface area (Å²) < 4.78 is 32.5. The van der Waals surface area contributed by atoms with E-state index < -0.39 is 17.5 Å². The Bertz CT molecular complexity index is 1080. The zero-order valence-electron chi connectivity index (χ0n) is 13.7. The Hall–Kier alpha value is -3.43. The highest BCUT2D eigenvalue weighted by atomic mass is 35.5. The summed E-state index contributed by atoms with van der Waals surface area (Å²) in [6.45, 7) is 0. The van der Waals surface area contributed by atoms with Crippen LogP contribution in [0, 0.1) is 23.0 Å². The zero-order chi connectivity index (χ0) is 19.4. The number of nitrogens with zero attached hydrogens (tertiary/aromatic N) is 1. The fraction of sp³-hybridized carbons (Fsp3) is 0. The number of anilines is 1. The van der Waals surface area contributed by atoms with Crippen LogP contribution in [0.25, 0.3) is 17.4 Å². The van der Waals surface area contributed by atoms with Gasteiger partial charge in [-0.25, -0.2) is 8.78 Å². The Labute approximate surface area is 158 Å². The molecule has 134 valence electrons. The SMILES string of the molecule is N#C/C(=C\c1ccc(-c2ccccc2F)o1)C(=O)Nc1ccc(F)c(Cl)c1. The van der Waals surface area contributed by atoms with Crippen molar-refractivity contribution in [3.05, 3.63) is 82.6 Å². The van der Waals surface area contributed by atoms with Crippen LogP contribution in [0.1, 0.15) is 5.76 Å². The fourth-order valence-corrected chi connectivity index (χ4v) is 2.48. The molecular formula is C20H11ClF2N2O2. The molecule has 0 aliphatic rings. The monoisotopic (exact) mass is 384 g/mol. The standard InChI is InChI=1S/C20H11ClF2N2O2/c21-16-10-13(5-7-18(16)23)25-20(26)12(11-24)9-14-6-8-19(27-14)15-3-1-2-4-17(15)22/h1-10H,(H,25,26)/b12-9+. The summed E-state index contributed by atoms with van der Waals surface area (Å²) in [5.41, 5.74) is 0.255. The number of hydrogen-bond acceptors (Lipinski definition) is 3. The molecule has 7 heteroatoms. The van der Waals surface area contributed by atoms with Gasteiger partial charge in [0.2, 0.25) is 0 Å². The van der Waals surface area contributed by atoms with Crippen molar-refractivity contribution in [3.8, 4) is 17.4 Å². The Morgan fingerprint density at radius 1 is 1.11 bits per heavy atom. The second-order valence-electron chi connectivity index (χ2n) is 5.43. The molecule has 1 aromatic heterocycles. The highest BCUT2D eigenvalue weighted by Crippen LogP contribution is 2.26. The summed E-state index contributed by atoms with van der Waals surface area (Å²) in [4.78, 5) is 12.2. The number of amides is 1. The maximum atomic E-state index is 13.8. The minimum Gasteiger partial charge on any atom is -0.457 e. The van der Waals surface area contributed by atoms with E-state index in [0.717, 1.165) is 6.07 Å². The van der Waals surface area contributed by atoms with Crippen molar-refractivity contribution < 1.29 is 18.0 Å². The number of nitrogens with one attached hydrogen (secondary N) is 1. The van der Waals surface area contributed by atoms with Crippen LogP contribution < -0.4 is 5.32 Å². The van der Waals surface area contributed by atoms with Crippen molar-refractivity contribution in [3.63, 3.8) is 0 Å². The third-order valence-electron chi connectivity index (χ3n) is 3.60. The van der Waals surface area contributed by atoms with Crippen molar-refractivity contribution in [2.75, 3.05) is 5.32 Å². The first-order chi connectivity index (χ1) is 13.0. The van der Waals surface area contributed by atoms with Gasteiger partial charge in [-0.2, -0.15) is 5.26 Å². The zero-order valence-corrected chi connectivity index (χ0v) is 14.4. The molecule has 0 saturated heterocycles. The minimum absolute atomic E-state index is 0.157. The second-order valence-corrected chi connectivity index (χ2v) is 5.84. The van der Waals surface area contributed by atoms with Gasteiger partial charge in [0.15, 0.2) is 0 Å². The van der Waals surface area contributed by atoms with Crippen molar-refractivity contribution in [2.24, 2.45) is 0 Å². The molecule has 0 saturated carbocycles. The summed E-state index contributed by atoms with van der Waals surface area (Å²) >= 11 is 5.66. The average Bonchev–Trinajstić information content (AvgIpc) is 3.11. The van der Waals surface area contributed by atoms with E-state index >= 15 is 0 Å². The molecule has 2 aromatic carbocycles. The van der Waals surface area contributed by atoms with Gasteiger partial charge in [-0.3, -0.25) is 4.79 Å². The molecule has 1 N–H and O–H groups in total. The van der Waals surface area contributed by atoms with E-state index in [1.54, 1.807) is 24.3 Å². The molecule has 0 radical (unpaired) electrons. The lowest BCUT2D eigenvalue weighted by Crippen LogP contribution is -2.13. The summed E-state index contributed by atoms with van der Waals surface area (Å²) in [5.74, 6) is -1.32. The predicted octanol–water partition coefficient (Wildman–Crippen LogP) is 5.42. The van der Waals surface area contributed by atoms with Crippen LogP contribution in [0.3, 0.4) is 0 Å². The molecule has 27 heavy (non-hydrogen) atoms. The molecule has 0 bridgehead atoms. The van der Waals surface area contributed by atoms with Crippen molar-refractivity contribution in [1.82, 2.24) is 0 Å². The summed E-state index contributed by atoms with van der Waals surface area (Å²) in [7, 11) is 0. The Morgan fingerprint density at radius 2 is 1.89 bits per heavy atom. The third kappa shape index (κ3) is 4.22. The van der Waals surface area contributed by atoms with Crippen LogP contribution in [0.15, 0.2) is 64.6 Å². The number of carbonyl (C=O) groups excluding carboxylic acids is 1. The van der Waals surface area contributed by atoms with E-state index in [2.05, 4.69) is 5.32 Å². The Kier molecular flexibility index (Phi) is 5.34. The molecule has 4 nitrogen and oxygen atoms in total. The maximum Gasteiger partial charge on any atom is 0.266 e. The van der Waals surface area contributed by atoms with Gasteiger partial charge in [0, 0.05) is 11.8 Å². The molecule has 3 rings (SSSR count). The molecule has 0 spiro atoms. The normalized spacial score (nSPS) is 11.1. The smallest absolute Gasteiger partial charge is 0.266 e. The number of furan rings is 1. The summed E-state index contributed by atoms with van der Waals surface area (Å²) in [6, 6.07) is 14.5. The topological polar surface area (TPSA) is 66.0 Å². The first-order valence-corrected chi connectivity index (χ1v) is 8.08. The van der Waals surface area contributed by atoms with Gasteiger partial charge in [-0.15, -0.1) is 0 Å². The number of nitriles is 1. The lowest BCUT2D eigenvalue weighted by molar-refractivity contribution is -0.112. The lowest BCUT2D eigenvalue weighted by Gasteiger charge is -2.05. The molecule has 3 aromatic rings. The molecular weight excluding hydrogens is 374 g/mol. The molecule has 1 heterocycles. The van der Waals surface area contributed by atoms with E-state index in [1.165, 1.54) is 36.4 Å². The van der Waals surface area contributed by atoms with E-state index in [-0.39, 0.29) is 33.4 Å². The van der Waals surface area contributed by atoms with E-state index in [4.69, 9.17) is 16.0 Å². The molecule has 0 unspecified atom stereocenters. The quantitative estimate of drug-likeness (QED) is 0.482. The fourth-order valence-electron chi connectivity index (χ4n) is 2.30. The first kappa shape index (κ1) is 18.4. The van der Waals surface area contributed by atoms with Crippen LogP contribution in [0.5, 0.6) is 0 Å². The summed E-state index contributed by atoms with van der Waals surface area (Å²) in [5, 5.41) is 11.5. The van der Waals surface area contributed by atoms with Gasteiger partial charge in [-0.05, 0) is 42.5 Å². The van der Waals surface area contributed by atoms with Gasteiger partial charge in [0.05, 0.1) is 10.6 Å². The van der Waals surface area contributed by atoms with Crippen LogP contribution >= 0.6 is 11.6 Å². The number of benzene rings is 2. The third-order valence-corrected chi connectivity index (χ3v) is 3.88. The average molecular weight is 385 g/mol. The summed E-state index contributed by atoms with van der Waals surface area (Å²) in [6.07, 6.45) is 1.23. The van der Waals surface area contributed by atoms with Gasteiger partial charge in [0.25, 0.3) is 5.91 Å². The van der Waals surface area contributed by atoms with Crippen LogP contribution in [-0.4, -0.2) is 5.91 Å². The number of halogens is 3. The lowest BCUT2D eigenvalue weighted by atomic mass is 10.1. The van der Waals surface area contributed by atoms with Crippen LogP contribution in [0.4, 0.5) is 14.5 Å². The predicted molar refractivity (Wildman–Crippen MR) is 97.7 cm³/mol. The Morgan fingerprint density at radius 3 is 2.59 bits per heavy atom. The Balaban J connectivity index is 1.82. The molecule has 1 amide bonds. The molecule has 0 aliphatic carbocycles. The highest BCUT2D eigenvalue weighted by Gasteiger charge is 2.13. The van der Waals surface area contributed by atoms with Crippen molar-refractivity contribution in [1.29, 1.82) is 5.26 Å². The van der Waals surface area contributed by atoms with Crippen molar-refractivity contribution in [2.45, 2.75) is 0 Å². The maximum absolute atomic E-state index is 13.8. The first-order valence-electron chi connectivity index (χ1n) is 7.71. The number of rotatable bonds is 4. The van der Waals surface area contributed by atoms with Gasteiger partial charge in [0.1, 0.15) is 34.8 Å². The molecule has 0 aliphatic heterocycles. The van der Waals surface area contributed by atoms with Crippen molar-refractivity contribution >= 4 is 29.3 Å². The van der Waals surface area contributed by atoms with E-state index in [9.17, 15) is 18.8 Å². The molecule has 0 atom stereocenters.